The van der Waals surface area contributed by atoms with Gasteiger partial charge in [0.25, 0.3) is 5.91 Å². The van der Waals surface area contributed by atoms with Crippen molar-refractivity contribution in [1.82, 2.24) is 25.4 Å². The van der Waals surface area contributed by atoms with E-state index in [1.165, 1.54) is 16.2 Å². The number of piperazine rings is 1. The molecule has 2 unspecified atom stereocenters. The fraction of sp³-hybridized carbons (Fsp3) is 0.706. The Balaban J connectivity index is 1.69. The number of nitrogens with one attached hydrogen (secondary N) is 2. The van der Waals surface area contributed by atoms with Gasteiger partial charge < -0.3 is 20.4 Å². The fourth-order valence-electron chi connectivity index (χ4n) is 3.32. The van der Waals surface area contributed by atoms with Crippen LogP contribution in [0, 0.1) is 0 Å². The molecule has 1 aromatic heterocycles. The van der Waals surface area contributed by atoms with E-state index in [9.17, 15) is 9.59 Å². The minimum Gasteiger partial charge on any atom is -0.349 e. The van der Waals surface area contributed by atoms with Crippen LogP contribution in [0.3, 0.4) is 0 Å². The number of aromatic nitrogens is 1. The first-order chi connectivity index (χ1) is 12.0. The standard InChI is InChI=1S/C17H27N5O2S/c1-11-8-13-14(10-19-11)25-16(20-13)17(24)22-7-6-18-9-12(22)4-5-15(23)21(2)3/h11-12,18-19H,4-10H2,1-3H3. The molecule has 0 aromatic carbocycles. The Labute approximate surface area is 152 Å². The molecular weight excluding hydrogens is 338 g/mol. The van der Waals surface area contributed by atoms with Crippen LogP contribution < -0.4 is 10.6 Å². The summed E-state index contributed by atoms with van der Waals surface area (Å²) in [4.78, 5) is 34.2. The van der Waals surface area contributed by atoms with E-state index in [0.717, 1.165) is 31.7 Å². The Kier molecular flexibility index (Phi) is 5.71. The van der Waals surface area contributed by atoms with Crippen molar-refractivity contribution in [2.45, 2.75) is 44.8 Å². The number of rotatable bonds is 4. The second-order valence-corrected chi connectivity index (χ2v) is 8.14. The zero-order chi connectivity index (χ0) is 18.0. The molecule has 2 N–H and O–H groups in total. The first kappa shape index (κ1) is 18.3. The number of hydrogen-bond donors (Lipinski definition) is 2. The molecule has 2 amide bonds. The van der Waals surface area contributed by atoms with Gasteiger partial charge in [-0.1, -0.05) is 0 Å². The van der Waals surface area contributed by atoms with Gasteiger partial charge in [-0.3, -0.25) is 9.59 Å². The number of carbonyl (C=O) groups is 2. The Bertz CT molecular complexity index is 645. The predicted molar refractivity (Wildman–Crippen MR) is 97.7 cm³/mol. The van der Waals surface area contributed by atoms with Crippen molar-refractivity contribution in [3.05, 3.63) is 15.6 Å². The molecule has 2 aliphatic heterocycles. The molecule has 8 heteroatoms. The molecule has 138 valence electrons. The molecular formula is C17H27N5O2S. The number of thiazole rings is 1. The lowest BCUT2D eigenvalue weighted by atomic mass is 10.1. The third-order valence-electron chi connectivity index (χ3n) is 4.87. The largest absolute Gasteiger partial charge is 0.349 e. The summed E-state index contributed by atoms with van der Waals surface area (Å²) in [6.07, 6.45) is 2.01. The van der Waals surface area contributed by atoms with Crippen molar-refractivity contribution < 1.29 is 9.59 Å². The van der Waals surface area contributed by atoms with Crippen molar-refractivity contribution in [2.75, 3.05) is 33.7 Å². The lowest BCUT2D eigenvalue weighted by molar-refractivity contribution is -0.129. The molecule has 0 radical (unpaired) electrons. The maximum atomic E-state index is 13.0. The number of nitrogens with zero attached hydrogens (tertiary/aromatic N) is 3. The third-order valence-corrected chi connectivity index (χ3v) is 5.96. The maximum absolute atomic E-state index is 13.0. The van der Waals surface area contributed by atoms with Crippen molar-refractivity contribution in [3.63, 3.8) is 0 Å². The van der Waals surface area contributed by atoms with Crippen LogP contribution in [0.1, 0.15) is 40.1 Å². The fourth-order valence-corrected chi connectivity index (χ4v) is 4.32. The summed E-state index contributed by atoms with van der Waals surface area (Å²) in [5.74, 6) is 0.110. The van der Waals surface area contributed by atoms with Gasteiger partial charge in [-0.2, -0.15) is 0 Å². The highest BCUT2D eigenvalue weighted by molar-refractivity contribution is 7.13. The van der Waals surface area contributed by atoms with Crippen molar-refractivity contribution in [1.29, 1.82) is 0 Å². The number of carbonyl (C=O) groups excluding carboxylic acids is 2. The van der Waals surface area contributed by atoms with Crippen LogP contribution in [0.5, 0.6) is 0 Å². The lowest BCUT2D eigenvalue weighted by Crippen LogP contribution is -2.53. The summed E-state index contributed by atoms with van der Waals surface area (Å²) >= 11 is 1.51. The molecule has 1 saturated heterocycles. The molecule has 25 heavy (non-hydrogen) atoms. The zero-order valence-electron chi connectivity index (χ0n) is 15.2. The summed E-state index contributed by atoms with van der Waals surface area (Å²) in [7, 11) is 3.53. The van der Waals surface area contributed by atoms with Gasteiger partial charge in [-0.05, 0) is 13.3 Å². The molecule has 0 spiro atoms. The summed E-state index contributed by atoms with van der Waals surface area (Å²) in [6.45, 7) is 5.11. The summed E-state index contributed by atoms with van der Waals surface area (Å²) in [5, 5.41) is 7.34. The molecule has 1 fully saturated rings. The average molecular weight is 366 g/mol. The average Bonchev–Trinajstić information content (AvgIpc) is 3.02. The minimum absolute atomic E-state index is 0.0101. The molecule has 3 rings (SSSR count). The van der Waals surface area contributed by atoms with E-state index in [-0.39, 0.29) is 17.9 Å². The van der Waals surface area contributed by atoms with Gasteiger partial charge in [0.2, 0.25) is 5.91 Å². The predicted octanol–water partition coefficient (Wildman–Crippen LogP) is 0.460. The molecule has 2 aliphatic rings. The minimum atomic E-state index is 0.0101. The van der Waals surface area contributed by atoms with E-state index in [1.807, 2.05) is 4.90 Å². The normalized spacial score (nSPS) is 23.2. The third kappa shape index (κ3) is 4.19. The van der Waals surface area contributed by atoms with Gasteiger partial charge >= 0.3 is 0 Å². The van der Waals surface area contributed by atoms with Gasteiger partial charge in [0.1, 0.15) is 0 Å². The highest BCUT2D eigenvalue weighted by Crippen LogP contribution is 2.25. The van der Waals surface area contributed by atoms with E-state index in [2.05, 4.69) is 22.5 Å². The highest BCUT2D eigenvalue weighted by atomic mass is 32.1. The Hall–Kier alpha value is -1.51. The van der Waals surface area contributed by atoms with Crippen LogP contribution in [0.2, 0.25) is 0 Å². The number of hydrogen-bond acceptors (Lipinski definition) is 6. The number of fused-ring (bicyclic) bond motifs is 1. The molecule has 7 nitrogen and oxygen atoms in total. The smallest absolute Gasteiger partial charge is 0.283 e. The number of amides is 2. The summed E-state index contributed by atoms with van der Waals surface area (Å²) < 4.78 is 0. The van der Waals surface area contributed by atoms with Crippen LogP contribution in [0.4, 0.5) is 0 Å². The molecule has 0 aliphatic carbocycles. The second kappa shape index (κ2) is 7.80. The van der Waals surface area contributed by atoms with Crippen LogP contribution in [0.15, 0.2) is 0 Å². The Morgan fingerprint density at radius 2 is 2.20 bits per heavy atom. The van der Waals surface area contributed by atoms with Crippen LogP contribution in [0.25, 0.3) is 0 Å². The van der Waals surface area contributed by atoms with Crippen LogP contribution in [-0.4, -0.2) is 72.4 Å². The van der Waals surface area contributed by atoms with E-state index >= 15 is 0 Å². The molecule has 3 heterocycles. The quantitative estimate of drug-likeness (QED) is 0.811. The van der Waals surface area contributed by atoms with Crippen molar-refractivity contribution >= 4 is 23.2 Å². The molecule has 1 aromatic rings. The van der Waals surface area contributed by atoms with Crippen LogP contribution in [-0.2, 0) is 17.8 Å². The first-order valence-electron chi connectivity index (χ1n) is 8.89. The maximum Gasteiger partial charge on any atom is 0.283 e. The second-order valence-electron chi connectivity index (χ2n) is 7.06. The van der Waals surface area contributed by atoms with E-state index in [0.29, 0.717) is 30.4 Å². The Morgan fingerprint density at radius 3 is 2.96 bits per heavy atom. The molecule has 0 saturated carbocycles. The topological polar surface area (TPSA) is 77.6 Å². The van der Waals surface area contributed by atoms with Crippen molar-refractivity contribution in [2.24, 2.45) is 0 Å². The van der Waals surface area contributed by atoms with E-state index in [4.69, 9.17) is 0 Å². The van der Waals surface area contributed by atoms with E-state index in [1.54, 1.807) is 19.0 Å². The van der Waals surface area contributed by atoms with Gasteiger partial charge in [0, 0.05) is 70.1 Å². The molecule has 0 bridgehead atoms. The van der Waals surface area contributed by atoms with Gasteiger partial charge in [0.05, 0.1) is 5.69 Å². The summed E-state index contributed by atoms with van der Waals surface area (Å²) in [5.41, 5.74) is 1.06. The first-order valence-corrected chi connectivity index (χ1v) is 9.71. The Morgan fingerprint density at radius 1 is 1.40 bits per heavy atom. The zero-order valence-corrected chi connectivity index (χ0v) is 16.0. The summed E-state index contributed by atoms with van der Waals surface area (Å²) in [6, 6.07) is 0.449. The van der Waals surface area contributed by atoms with Crippen molar-refractivity contribution in [3.8, 4) is 0 Å². The highest BCUT2D eigenvalue weighted by Gasteiger charge is 2.31. The monoisotopic (exact) mass is 365 g/mol. The van der Waals surface area contributed by atoms with Gasteiger partial charge in [0.15, 0.2) is 5.01 Å². The molecule has 2 atom stereocenters. The van der Waals surface area contributed by atoms with Crippen LogP contribution >= 0.6 is 11.3 Å². The van der Waals surface area contributed by atoms with Gasteiger partial charge in [-0.25, -0.2) is 4.98 Å². The van der Waals surface area contributed by atoms with Gasteiger partial charge in [-0.15, -0.1) is 11.3 Å². The lowest BCUT2D eigenvalue weighted by Gasteiger charge is -2.35. The SMILES string of the molecule is CC1Cc2nc(C(=O)N3CCNCC3CCC(=O)N(C)C)sc2CN1. The van der Waals surface area contributed by atoms with E-state index < -0.39 is 0 Å².